The van der Waals surface area contributed by atoms with Gasteiger partial charge in [-0.1, -0.05) is 5.16 Å². The van der Waals surface area contributed by atoms with Crippen molar-refractivity contribution in [2.24, 2.45) is 4.99 Å². The summed E-state index contributed by atoms with van der Waals surface area (Å²) in [7, 11) is -1.89. The molecule has 1 aromatic heterocycles. The average Bonchev–Trinajstić information content (AvgIpc) is 3.18. The Morgan fingerprint density at radius 1 is 1.32 bits per heavy atom. The molecule has 0 bridgehead atoms. The Morgan fingerprint density at radius 3 is 2.68 bits per heavy atom. The number of nitrogens with one attached hydrogen (secondary N) is 2. The fourth-order valence-electron chi connectivity index (χ4n) is 2.69. The predicted molar refractivity (Wildman–Crippen MR) is 103 cm³/mol. The van der Waals surface area contributed by atoms with Crippen LogP contribution in [0.5, 0.6) is 0 Å². The van der Waals surface area contributed by atoms with Crippen LogP contribution in [0.2, 0.25) is 0 Å². The number of ether oxygens (including phenoxy) is 1. The maximum Gasteiger partial charge on any atom is 0.241 e. The highest BCUT2D eigenvalue weighted by Crippen LogP contribution is 2.12. The predicted octanol–water partition coefficient (Wildman–Crippen LogP) is -1.15. The molecule has 2 rings (SSSR count). The molecule has 0 radical (unpaired) electrons. The summed E-state index contributed by atoms with van der Waals surface area (Å²) in [6.45, 7) is 5.10. The Hall–Kier alpha value is -2.18. The molecule has 1 aromatic rings. The molecule has 2 N–H and O–H groups in total. The first kappa shape index (κ1) is 22.1. The van der Waals surface area contributed by atoms with Crippen molar-refractivity contribution in [2.75, 3.05) is 59.5 Å². The van der Waals surface area contributed by atoms with Crippen LogP contribution in [0.1, 0.15) is 12.6 Å². The number of amides is 1. The van der Waals surface area contributed by atoms with Gasteiger partial charge in [-0.25, -0.2) is 13.4 Å². The highest BCUT2D eigenvalue weighted by Gasteiger charge is 2.29. The third-order valence-electron chi connectivity index (χ3n) is 4.09. The first-order valence-corrected chi connectivity index (χ1v) is 10.7. The van der Waals surface area contributed by atoms with Crippen molar-refractivity contribution in [1.29, 1.82) is 0 Å². The van der Waals surface area contributed by atoms with Crippen molar-refractivity contribution in [3.05, 3.63) is 18.0 Å². The minimum atomic E-state index is -3.46. The van der Waals surface area contributed by atoms with Gasteiger partial charge in [-0.3, -0.25) is 4.79 Å². The zero-order chi connectivity index (χ0) is 20.4. The van der Waals surface area contributed by atoms with E-state index in [0.717, 1.165) is 0 Å². The van der Waals surface area contributed by atoms with Crippen LogP contribution in [0.25, 0.3) is 0 Å². The number of guanidine groups is 1. The maximum atomic E-state index is 12.5. The smallest absolute Gasteiger partial charge is 0.241 e. The number of aromatic nitrogens is 1. The number of rotatable bonds is 9. The molecule has 11 nitrogen and oxygen atoms in total. The first-order valence-electron chi connectivity index (χ1n) is 9.12. The van der Waals surface area contributed by atoms with E-state index in [2.05, 4.69) is 20.8 Å². The molecule has 1 amide bonds. The van der Waals surface area contributed by atoms with E-state index in [9.17, 15) is 13.2 Å². The second-order valence-corrected chi connectivity index (χ2v) is 8.11. The molecule has 0 atom stereocenters. The first-order chi connectivity index (χ1) is 13.5. The summed E-state index contributed by atoms with van der Waals surface area (Å²) < 4.78 is 36.1. The lowest BCUT2D eigenvalue weighted by atomic mass is 10.4. The van der Waals surface area contributed by atoms with Gasteiger partial charge in [0.25, 0.3) is 0 Å². The maximum absolute atomic E-state index is 12.5. The molecule has 12 heteroatoms. The molecular formula is C16H28N6O5S. The Morgan fingerprint density at radius 2 is 2.07 bits per heavy atom. The summed E-state index contributed by atoms with van der Waals surface area (Å²) in [5, 5.41) is 9.52. The Labute approximate surface area is 165 Å². The van der Waals surface area contributed by atoms with Gasteiger partial charge in [0.2, 0.25) is 15.9 Å². The Bertz CT molecular complexity index is 729. The number of carbonyl (C=O) groups excluding carboxylic acids is 1. The number of nitrogens with zero attached hydrogens (tertiary/aromatic N) is 4. The molecule has 1 saturated heterocycles. The fourth-order valence-corrected chi connectivity index (χ4v) is 4.11. The number of hydrogen-bond acceptors (Lipinski definition) is 7. The molecule has 158 valence electrons. The van der Waals surface area contributed by atoms with E-state index in [1.54, 1.807) is 13.2 Å². The summed E-state index contributed by atoms with van der Waals surface area (Å²) in [6.07, 6.45) is 1.35. The summed E-state index contributed by atoms with van der Waals surface area (Å²) in [5.41, 5.74) is 0.386. The minimum absolute atomic E-state index is 0.00325. The third-order valence-corrected chi connectivity index (χ3v) is 5.90. The zero-order valence-corrected chi connectivity index (χ0v) is 17.1. The number of hydrogen-bond donors (Lipinski definition) is 2. The summed E-state index contributed by atoms with van der Waals surface area (Å²) in [4.78, 5) is 18.1. The highest BCUT2D eigenvalue weighted by molar-refractivity contribution is 7.88. The Balaban J connectivity index is 1.89. The molecule has 1 aliphatic heterocycles. The van der Waals surface area contributed by atoms with Gasteiger partial charge in [0.05, 0.1) is 12.3 Å². The molecule has 28 heavy (non-hydrogen) atoms. The standard InChI is InChI=1S/C16H28N6O5S/c1-3-17-16(19-12-15(23)18-5-11-26-2)21-6-8-22(9-7-21)28(24,25)13-14-4-10-27-20-14/h4,10H,3,5-9,11-13H2,1-2H3,(H,17,19)(H,18,23). The van der Waals surface area contributed by atoms with Gasteiger partial charge in [-0.2, -0.15) is 4.31 Å². The van der Waals surface area contributed by atoms with E-state index in [1.807, 2.05) is 11.8 Å². The number of carbonyl (C=O) groups is 1. The van der Waals surface area contributed by atoms with Crippen molar-refractivity contribution in [3.63, 3.8) is 0 Å². The van der Waals surface area contributed by atoms with E-state index >= 15 is 0 Å². The minimum Gasteiger partial charge on any atom is -0.383 e. The van der Waals surface area contributed by atoms with Crippen LogP contribution in [0.4, 0.5) is 0 Å². The van der Waals surface area contributed by atoms with E-state index in [0.29, 0.717) is 57.5 Å². The highest BCUT2D eigenvalue weighted by atomic mass is 32.2. The lowest BCUT2D eigenvalue weighted by molar-refractivity contribution is -0.119. The number of piperazine rings is 1. The van der Waals surface area contributed by atoms with Crippen LogP contribution in [0, 0.1) is 0 Å². The van der Waals surface area contributed by atoms with Gasteiger partial charge in [0.15, 0.2) is 5.96 Å². The lowest BCUT2D eigenvalue weighted by Gasteiger charge is -2.35. The molecule has 1 aliphatic rings. The van der Waals surface area contributed by atoms with Crippen molar-refractivity contribution in [3.8, 4) is 0 Å². The van der Waals surface area contributed by atoms with E-state index < -0.39 is 10.0 Å². The second kappa shape index (κ2) is 11.0. The molecule has 0 unspecified atom stereocenters. The summed E-state index contributed by atoms with van der Waals surface area (Å²) in [5.74, 6) is 0.221. The normalized spacial score (nSPS) is 16.2. The molecule has 0 spiro atoms. The van der Waals surface area contributed by atoms with Gasteiger partial charge in [0, 0.05) is 52.4 Å². The molecule has 2 heterocycles. The molecule has 0 aliphatic carbocycles. The molecule has 0 saturated carbocycles. The van der Waals surface area contributed by atoms with Gasteiger partial charge in [-0.15, -0.1) is 0 Å². The Kier molecular flexibility index (Phi) is 8.67. The molecule has 1 fully saturated rings. The molecule has 0 aromatic carbocycles. The summed E-state index contributed by atoms with van der Waals surface area (Å²) in [6, 6.07) is 1.54. The topological polar surface area (TPSA) is 129 Å². The van der Waals surface area contributed by atoms with Crippen LogP contribution in [0.15, 0.2) is 21.8 Å². The zero-order valence-electron chi connectivity index (χ0n) is 16.3. The number of aliphatic imine (C=N–C) groups is 1. The quantitative estimate of drug-likeness (QED) is 0.293. The van der Waals surface area contributed by atoms with Gasteiger partial charge in [-0.05, 0) is 6.92 Å². The van der Waals surface area contributed by atoms with Crippen molar-refractivity contribution < 1.29 is 22.5 Å². The van der Waals surface area contributed by atoms with Crippen LogP contribution >= 0.6 is 0 Å². The van der Waals surface area contributed by atoms with E-state index in [-0.39, 0.29) is 18.2 Å². The fraction of sp³-hybridized carbons (Fsp3) is 0.688. The second-order valence-electron chi connectivity index (χ2n) is 6.15. The van der Waals surface area contributed by atoms with Gasteiger partial charge >= 0.3 is 0 Å². The summed E-state index contributed by atoms with van der Waals surface area (Å²) >= 11 is 0. The number of sulfonamides is 1. The molecular weight excluding hydrogens is 388 g/mol. The van der Waals surface area contributed by atoms with Gasteiger partial charge in [0.1, 0.15) is 18.6 Å². The van der Waals surface area contributed by atoms with Gasteiger partial charge < -0.3 is 24.8 Å². The van der Waals surface area contributed by atoms with E-state index in [1.165, 1.54) is 10.6 Å². The monoisotopic (exact) mass is 416 g/mol. The largest absolute Gasteiger partial charge is 0.383 e. The van der Waals surface area contributed by atoms with Crippen LogP contribution in [-0.4, -0.2) is 94.2 Å². The van der Waals surface area contributed by atoms with E-state index in [4.69, 9.17) is 9.26 Å². The van der Waals surface area contributed by atoms with Crippen LogP contribution < -0.4 is 10.6 Å². The lowest BCUT2D eigenvalue weighted by Crippen LogP contribution is -2.54. The van der Waals surface area contributed by atoms with Crippen LogP contribution in [0.3, 0.4) is 0 Å². The van der Waals surface area contributed by atoms with Crippen molar-refractivity contribution in [1.82, 2.24) is 25.0 Å². The third kappa shape index (κ3) is 6.77. The van der Waals surface area contributed by atoms with Crippen molar-refractivity contribution >= 4 is 21.9 Å². The SMILES string of the molecule is CCNC(=NCC(=O)NCCOC)N1CCN(S(=O)(=O)Cc2ccon2)CC1. The van der Waals surface area contributed by atoms with Crippen molar-refractivity contribution in [2.45, 2.75) is 12.7 Å². The number of methoxy groups -OCH3 is 1. The average molecular weight is 417 g/mol. The van der Waals surface area contributed by atoms with Crippen LogP contribution in [-0.2, 0) is 25.3 Å².